The topological polar surface area (TPSA) is 20.2 Å². The largest absolute Gasteiger partial charge is 0.361 e. The van der Waals surface area contributed by atoms with Crippen LogP contribution in [0.25, 0.3) is 10.8 Å². The Kier molecular flexibility index (Phi) is 3.30. The maximum absolute atomic E-state index is 9.76. The number of fused-ring (bicyclic) bond motifs is 1. The fourth-order valence-electron chi connectivity index (χ4n) is 1.80. The summed E-state index contributed by atoms with van der Waals surface area (Å²) in [6, 6.07) is 13.4. The van der Waals surface area contributed by atoms with Crippen LogP contribution in [0.15, 0.2) is 42.5 Å². The van der Waals surface area contributed by atoms with Crippen LogP contribution < -0.4 is 0 Å². The van der Waals surface area contributed by atoms with Gasteiger partial charge < -0.3 is 5.11 Å². The van der Waals surface area contributed by atoms with E-state index in [-0.39, 0.29) is 0 Å². The van der Waals surface area contributed by atoms with Crippen LogP contribution in [0.2, 0.25) is 0 Å². The Bertz CT molecular complexity index is 538. The number of benzene rings is 2. The highest BCUT2D eigenvalue weighted by Gasteiger charge is 2.45. The zero-order valence-corrected chi connectivity index (χ0v) is 11.4. The van der Waals surface area contributed by atoms with Crippen molar-refractivity contribution in [2.75, 3.05) is 0 Å². The van der Waals surface area contributed by atoms with Crippen LogP contribution in [0.4, 0.5) is 0 Å². The van der Waals surface area contributed by atoms with Crippen molar-refractivity contribution in [1.29, 1.82) is 0 Å². The Morgan fingerprint density at radius 1 is 0.941 bits per heavy atom. The molecule has 17 heavy (non-hydrogen) atoms. The second-order valence-corrected chi connectivity index (χ2v) is 6.11. The van der Waals surface area contributed by atoms with Gasteiger partial charge in [0.1, 0.15) is 4.87 Å². The van der Waals surface area contributed by atoms with Crippen LogP contribution in [-0.4, -0.2) is 9.63 Å². The Balaban J connectivity index is 2.72. The summed E-state index contributed by atoms with van der Waals surface area (Å²) in [6.45, 7) is 1.59. The van der Waals surface area contributed by atoms with Crippen molar-refractivity contribution in [3.05, 3.63) is 48.0 Å². The number of hydrogen-bond donors (Lipinski definition) is 1. The molecule has 90 valence electrons. The summed E-state index contributed by atoms with van der Waals surface area (Å²) in [6.07, 6.45) is 0. The first-order valence-electron chi connectivity index (χ1n) is 5.11. The molecule has 0 aliphatic heterocycles. The van der Waals surface area contributed by atoms with Crippen LogP contribution in [-0.2, 0) is 4.87 Å². The molecule has 0 aromatic heterocycles. The quantitative estimate of drug-likeness (QED) is 0.812. The van der Waals surface area contributed by atoms with E-state index in [2.05, 4.69) is 0 Å². The maximum Gasteiger partial charge on any atom is 0.238 e. The van der Waals surface area contributed by atoms with Gasteiger partial charge in [0.15, 0.2) is 0 Å². The number of halogens is 3. The molecule has 0 heterocycles. The number of hydrogen-bond acceptors (Lipinski definition) is 1. The monoisotopic (exact) mass is 288 g/mol. The lowest BCUT2D eigenvalue weighted by atomic mass is 9.94. The van der Waals surface area contributed by atoms with E-state index in [1.165, 1.54) is 0 Å². The van der Waals surface area contributed by atoms with Crippen molar-refractivity contribution >= 4 is 45.6 Å². The first-order chi connectivity index (χ1) is 7.84. The first-order valence-corrected chi connectivity index (χ1v) is 6.25. The molecule has 1 N–H and O–H groups in total. The molecular weight excluding hydrogens is 279 g/mol. The van der Waals surface area contributed by atoms with E-state index in [9.17, 15) is 5.11 Å². The molecule has 0 aliphatic carbocycles. The lowest BCUT2D eigenvalue weighted by molar-refractivity contribution is 0.170. The fraction of sp³-hybridized carbons (Fsp3) is 0.231. The minimum Gasteiger partial charge on any atom is -0.361 e. The lowest BCUT2D eigenvalue weighted by Crippen LogP contribution is -2.35. The molecular formula is C13H11Cl3O. The van der Waals surface area contributed by atoms with Crippen LogP contribution in [0.1, 0.15) is 12.5 Å². The molecule has 0 spiro atoms. The van der Waals surface area contributed by atoms with E-state index in [0.717, 1.165) is 10.8 Å². The smallest absolute Gasteiger partial charge is 0.238 e. The van der Waals surface area contributed by atoms with Gasteiger partial charge in [-0.15, -0.1) is 11.6 Å². The Hall–Kier alpha value is -0.470. The molecule has 2 aromatic rings. The van der Waals surface area contributed by atoms with Crippen molar-refractivity contribution < 1.29 is 5.11 Å². The van der Waals surface area contributed by atoms with Gasteiger partial charge in [-0.25, -0.2) is 0 Å². The average molecular weight is 290 g/mol. The van der Waals surface area contributed by atoms with Gasteiger partial charge in [0, 0.05) is 0 Å². The van der Waals surface area contributed by atoms with Gasteiger partial charge in [0.05, 0.1) is 0 Å². The zero-order valence-electron chi connectivity index (χ0n) is 9.12. The van der Waals surface area contributed by atoms with Crippen LogP contribution in [0.5, 0.6) is 0 Å². The van der Waals surface area contributed by atoms with Crippen LogP contribution >= 0.6 is 34.8 Å². The van der Waals surface area contributed by atoms with Gasteiger partial charge in [-0.1, -0.05) is 65.7 Å². The van der Waals surface area contributed by atoms with E-state index in [1.807, 2.05) is 42.5 Å². The van der Waals surface area contributed by atoms with Gasteiger partial charge in [-0.05, 0) is 23.3 Å². The van der Waals surface area contributed by atoms with Gasteiger partial charge in [0.25, 0.3) is 0 Å². The molecule has 0 amide bonds. The molecule has 1 unspecified atom stereocenters. The molecule has 0 aliphatic rings. The molecule has 2 aromatic carbocycles. The summed E-state index contributed by atoms with van der Waals surface area (Å²) in [5.74, 6) is 0. The second kappa shape index (κ2) is 4.33. The summed E-state index contributed by atoms with van der Waals surface area (Å²) >= 11 is 17.8. The highest BCUT2D eigenvalue weighted by Crippen LogP contribution is 2.46. The SMILES string of the molecule is CC(Cl)(c1cccc2ccccc12)C(O)(Cl)Cl. The van der Waals surface area contributed by atoms with Crippen LogP contribution in [0, 0.1) is 0 Å². The molecule has 0 bridgehead atoms. The number of aliphatic hydroxyl groups is 1. The molecule has 0 saturated carbocycles. The van der Waals surface area contributed by atoms with E-state index in [4.69, 9.17) is 34.8 Å². The highest BCUT2D eigenvalue weighted by atomic mass is 35.5. The number of alkyl halides is 3. The Labute approximate surface area is 115 Å². The summed E-state index contributed by atoms with van der Waals surface area (Å²) in [4.78, 5) is -1.28. The minimum absolute atomic E-state index is 0.699. The zero-order chi connectivity index (χ0) is 12.7. The summed E-state index contributed by atoms with van der Waals surface area (Å²) in [7, 11) is 0. The van der Waals surface area contributed by atoms with Gasteiger partial charge in [-0.2, -0.15) is 0 Å². The Morgan fingerprint density at radius 2 is 1.53 bits per heavy atom. The van der Waals surface area contributed by atoms with Crippen molar-refractivity contribution in [3.8, 4) is 0 Å². The predicted octanol–water partition coefficient (Wildman–Crippen LogP) is 4.42. The average Bonchev–Trinajstić information content (AvgIpc) is 2.26. The Morgan fingerprint density at radius 3 is 2.18 bits per heavy atom. The van der Waals surface area contributed by atoms with E-state index < -0.39 is 9.39 Å². The minimum atomic E-state index is -2.04. The molecule has 1 nitrogen and oxygen atoms in total. The predicted molar refractivity (Wildman–Crippen MR) is 73.8 cm³/mol. The third-order valence-electron chi connectivity index (χ3n) is 2.86. The van der Waals surface area contributed by atoms with Crippen molar-refractivity contribution in [2.24, 2.45) is 0 Å². The normalized spacial score (nSPS) is 15.8. The molecule has 0 radical (unpaired) electrons. The fourth-order valence-corrected chi connectivity index (χ4v) is 2.17. The van der Waals surface area contributed by atoms with Gasteiger partial charge in [-0.3, -0.25) is 0 Å². The van der Waals surface area contributed by atoms with Crippen molar-refractivity contribution in [3.63, 3.8) is 0 Å². The number of rotatable bonds is 2. The first kappa shape index (κ1) is 13.0. The van der Waals surface area contributed by atoms with Crippen LogP contribution in [0.3, 0.4) is 0 Å². The van der Waals surface area contributed by atoms with E-state index in [0.29, 0.717) is 5.56 Å². The van der Waals surface area contributed by atoms with Gasteiger partial charge >= 0.3 is 0 Å². The van der Waals surface area contributed by atoms with E-state index in [1.54, 1.807) is 6.92 Å². The molecule has 0 saturated heterocycles. The summed E-state index contributed by atoms with van der Waals surface area (Å²) in [5, 5.41) is 11.7. The highest BCUT2D eigenvalue weighted by molar-refractivity contribution is 6.52. The molecule has 4 heteroatoms. The summed E-state index contributed by atoms with van der Waals surface area (Å²) < 4.78 is -2.04. The third-order valence-corrected chi connectivity index (χ3v) is 4.29. The third kappa shape index (κ3) is 2.25. The standard InChI is InChI=1S/C13H11Cl3O/c1-12(14,13(15,16)17)11-8-4-6-9-5-2-3-7-10(9)11/h2-8,17H,1H3. The van der Waals surface area contributed by atoms with E-state index >= 15 is 0 Å². The second-order valence-electron chi connectivity index (χ2n) is 4.07. The molecule has 0 fully saturated rings. The summed E-state index contributed by atoms with van der Waals surface area (Å²) in [5.41, 5.74) is 0.699. The molecule has 2 rings (SSSR count). The van der Waals surface area contributed by atoms with Crippen molar-refractivity contribution in [2.45, 2.75) is 16.3 Å². The molecule has 1 atom stereocenters. The maximum atomic E-state index is 9.76. The van der Waals surface area contributed by atoms with Gasteiger partial charge in [0.2, 0.25) is 4.52 Å². The van der Waals surface area contributed by atoms with Crippen molar-refractivity contribution in [1.82, 2.24) is 0 Å². The lowest BCUT2D eigenvalue weighted by Gasteiger charge is -2.31.